The Bertz CT molecular complexity index is 1500. The quantitative estimate of drug-likeness (QED) is 0.173. The highest BCUT2D eigenvalue weighted by Gasteiger charge is 2.17. The minimum absolute atomic E-state index is 0.312. The summed E-state index contributed by atoms with van der Waals surface area (Å²) >= 11 is 0. The fourth-order valence-electron chi connectivity index (χ4n) is 4.22. The number of amides is 1. The third-order valence-electron chi connectivity index (χ3n) is 6.41. The summed E-state index contributed by atoms with van der Waals surface area (Å²) in [7, 11) is 9.25. The second kappa shape index (κ2) is 13.6. The van der Waals surface area contributed by atoms with Gasteiger partial charge in [-0.15, -0.1) is 0 Å². The van der Waals surface area contributed by atoms with Crippen molar-refractivity contribution >= 4 is 39.8 Å². The van der Waals surface area contributed by atoms with Gasteiger partial charge in [-0.1, -0.05) is 6.58 Å². The Balaban J connectivity index is 1.63. The summed E-state index contributed by atoms with van der Waals surface area (Å²) in [6.45, 7) is 6.18. The van der Waals surface area contributed by atoms with E-state index < -0.39 is 0 Å². The number of rotatable bonds is 14. The number of anilines is 4. The van der Waals surface area contributed by atoms with Crippen molar-refractivity contribution in [3.05, 3.63) is 67.5 Å². The van der Waals surface area contributed by atoms with Gasteiger partial charge in [-0.25, -0.2) is 4.98 Å². The van der Waals surface area contributed by atoms with Crippen LogP contribution in [0.15, 0.2) is 67.5 Å². The molecule has 2 N–H and O–H groups in total. The lowest BCUT2D eigenvalue weighted by atomic mass is 10.2. The zero-order valence-corrected chi connectivity index (χ0v) is 24.2. The van der Waals surface area contributed by atoms with Crippen LogP contribution in [0.25, 0.3) is 16.7 Å². The fraction of sp³-hybridized carbons (Fsp3) is 0.300. The Labute approximate surface area is 240 Å². The van der Waals surface area contributed by atoms with Gasteiger partial charge in [0.05, 0.1) is 36.3 Å². The van der Waals surface area contributed by atoms with Crippen molar-refractivity contribution in [2.24, 2.45) is 0 Å². The Morgan fingerprint density at radius 3 is 2.61 bits per heavy atom. The summed E-state index contributed by atoms with van der Waals surface area (Å²) in [4.78, 5) is 25.6. The number of carbonyl (C=O) groups is 1. The van der Waals surface area contributed by atoms with Gasteiger partial charge in [0, 0.05) is 51.1 Å². The standard InChI is InChI=1S/C30H37N7O4/c1-7-29(38)32-23-19-24(27(40-6)20-26(23)36(4)15-14-35(2)3)33-30-31-12-10-28(34-30)37-13-11-21-18-22(8-9-25(21)37)41-17-16-39-5/h7-13,18-20H,1,14-17H2,2-6H3,(H,32,38)(H,31,33,34). The summed E-state index contributed by atoms with van der Waals surface area (Å²) in [6.07, 6.45) is 4.89. The number of hydrogen-bond acceptors (Lipinski definition) is 9. The van der Waals surface area contributed by atoms with Gasteiger partial charge in [0.1, 0.15) is 23.9 Å². The Hall–Kier alpha value is -4.61. The Morgan fingerprint density at radius 1 is 1.05 bits per heavy atom. The molecule has 2 aromatic heterocycles. The van der Waals surface area contributed by atoms with Gasteiger partial charge in [0.25, 0.3) is 0 Å². The highest BCUT2D eigenvalue weighted by Crippen LogP contribution is 2.38. The lowest BCUT2D eigenvalue weighted by molar-refractivity contribution is -0.111. The molecule has 2 aromatic carbocycles. The van der Waals surface area contributed by atoms with E-state index in [9.17, 15) is 4.79 Å². The van der Waals surface area contributed by atoms with Crippen molar-refractivity contribution < 1.29 is 19.0 Å². The van der Waals surface area contributed by atoms with E-state index in [0.717, 1.165) is 35.4 Å². The first-order chi connectivity index (χ1) is 19.8. The molecule has 1 amide bonds. The van der Waals surface area contributed by atoms with Crippen LogP contribution in [0, 0.1) is 0 Å². The van der Waals surface area contributed by atoms with E-state index in [1.165, 1.54) is 6.08 Å². The zero-order valence-electron chi connectivity index (χ0n) is 24.2. The number of nitrogens with one attached hydrogen (secondary N) is 2. The smallest absolute Gasteiger partial charge is 0.247 e. The van der Waals surface area contributed by atoms with Crippen molar-refractivity contribution in [2.45, 2.75) is 0 Å². The maximum absolute atomic E-state index is 12.3. The molecule has 0 radical (unpaired) electrons. The average molecular weight is 560 g/mol. The highest BCUT2D eigenvalue weighted by atomic mass is 16.5. The van der Waals surface area contributed by atoms with Gasteiger partial charge in [-0.05, 0) is 56.6 Å². The largest absolute Gasteiger partial charge is 0.494 e. The fourth-order valence-corrected chi connectivity index (χ4v) is 4.22. The minimum atomic E-state index is -0.312. The first kappa shape index (κ1) is 29.4. The maximum Gasteiger partial charge on any atom is 0.247 e. The van der Waals surface area contributed by atoms with Crippen LogP contribution < -0.4 is 25.0 Å². The van der Waals surface area contributed by atoms with Crippen molar-refractivity contribution in [3.63, 3.8) is 0 Å². The molecular weight excluding hydrogens is 522 g/mol. The van der Waals surface area contributed by atoms with Crippen LogP contribution in [0.3, 0.4) is 0 Å². The molecule has 41 heavy (non-hydrogen) atoms. The molecule has 0 unspecified atom stereocenters. The first-order valence-corrected chi connectivity index (χ1v) is 13.2. The molecule has 0 aliphatic carbocycles. The summed E-state index contributed by atoms with van der Waals surface area (Å²) in [5, 5.41) is 7.19. The van der Waals surface area contributed by atoms with E-state index in [0.29, 0.717) is 42.1 Å². The third kappa shape index (κ3) is 7.33. The lowest BCUT2D eigenvalue weighted by Crippen LogP contribution is -2.29. The first-order valence-electron chi connectivity index (χ1n) is 13.2. The highest BCUT2D eigenvalue weighted by molar-refractivity contribution is 6.02. The van der Waals surface area contributed by atoms with E-state index >= 15 is 0 Å². The van der Waals surface area contributed by atoms with Gasteiger partial charge >= 0.3 is 0 Å². The molecule has 216 valence electrons. The van der Waals surface area contributed by atoms with Crippen LogP contribution in [-0.2, 0) is 9.53 Å². The summed E-state index contributed by atoms with van der Waals surface area (Å²) < 4.78 is 18.5. The monoisotopic (exact) mass is 559 g/mol. The predicted octanol–water partition coefficient (Wildman–Crippen LogP) is 4.32. The van der Waals surface area contributed by atoms with E-state index in [-0.39, 0.29) is 5.91 Å². The predicted molar refractivity (Wildman–Crippen MR) is 163 cm³/mol. The Morgan fingerprint density at radius 2 is 1.88 bits per heavy atom. The second-order valence-corrected chi connectivity index (χ2v) is 9.60. The molecule has 0 aliphatic heterocycles. The van der Waals surface area contributed by atoms with Gasteiger partial charge in [0.15, 0.2) is 0 Å². The molecule has 0 saturated heterocycles. The van der Waals surface area contributed by atoms with Crippen molar-refractivity contribution in [1.82, 2.24) is 19.4 Å². The second-order valence-electron chi connectivity index (χ2n) is 9.60. The number of methoxy groups -OCH3 is 2. The molecule has 2 heterocycles. The number of nitrogens with zero attached hydrogens (tertiary/aromatic N) is 5. The Kier molecular flexibility index (Phi) is 9.77. The molecule has 0 atom stereocenters. The number of likely N-dealkylation sites (N-methyl/N-ethyl adjacent to an activating group) is 2. The van der Waals surface area contributed by atoms with Crippen molar-refractivity contribution in [1.29, 1.82) is 0 Å². The molecule has 0 fully saturated rings. The van der Waals surface area contributed by atoms with Crippen LogP contribution in [0.1, 0.15) is 0 Å². The van der Waals surface area contributed by atoms with Crippen LogP contribution in [0.5, 0.6) is 11.5 Å². The maximum atomic E-state index is 12.3. The van der Waals surface area contributed by atoms with Gasteiger partial charge < -0.3 is 39.2 Å². The van der Waals surface area contributed by atoms with E-state index in [1.807, 2.05) is 74.4 Å². The summed E-state index contributed by atoms with van der Waals surface area (Å²) in [6, 6.07) is 13.5. The van der Waals surface area contributed by atoms with Crippen LogP contribution in [0.2, 0.25) is 0 Å². The number of carbonyl (C=O) groups excluding carboxylic acids is 1. The van der Waals surface area contributed by atoms with Gasteiger partial charge in [-0.3, -0.25) is 4.79 Å². The average Bonchev–Trinajstić information content (AvgIpc) is 3.39. The minimum Gasteiger partial charge on any atom is -0.494 e. The summed E-state index contributed by atoms with van der Waals surface area (Å²) in [5.41, 5.74) is 2.99. The third-order valence-corrected chi connectivity index (χ3v) is 6.41. The molecule has 0 aliphatic rings. The molecule has 0 bridgehead atoms. The van der Waals surface area contributed by atoms with E-state index in [4.69, 9.17) is 19.2 Å². The van der Waals surface area contributed by atoms with Gasteiger partial charge in [-0.2, -0.15) is 4.98 Å². The molecule has 4 rings (SSSR count). The molecular formula is C30H37N7O4. The van der Waals surface area contributed by atoms with E-state index in [2.05, 4.69) is 32.0 Å². The molecule has 0 saturated carbocycles. The number of benzene rings is 2. The number of fused-ring (bicyclic) bond motifs is 1. The van der Waals surface area contributed by atoms with Crippen LogP contribution in [0.4, 0.5) is 23.0 Å². The molecule has 0 spiro atoms. The normalized spacial score (nSPS) is 11.0. The zero-order chi connectivity index (χ0) is 29.4. The summed E-state index contributed by atoms with van der Waals surface area (Å²) in [5.74, 6) is 2.10. The molecule has 11 heteroatoms. The SMILES string of the molecule is C=CC(=O)Nc1cc(Nc2nccc(-n3ccc4cc(OCCOC)ccc43)n2)c(OC)cc1N(C)CCN(C)C. The van der Waals surface area contributed by atoms with Crippen LogP contribution in [-0.4, -0.2) is 87.0 Å². The van der Waals surface area contributed by atoms with Gasteiger partial charge in [0.2, 0.25) is 11.9 Å². The van der Waals surface area contributed by atoms with Crippen molar-refractivity contribution in [3.8, 4) is 17.3 Å². The molecule has 11 nitrogen and oxygen atoms in total. The number of aromatic nitrogens is 3. The van der Waals surface area contributed by atoms with E-state index in [1.54, 1.807) is 20.4 Å². The number of ether oxygens (including phenoxy) is 3. The number of hydrogen-bond donors (Lipinski definition) is 2. The van der Waals surface area contributed by atoms with Crippen molar-refractivity contribution in [2.75, 3.05) is 77.2 Å². The lowest BCUT2D eigenvalue weighted by Gasteiger charge is -2.26. The topological polar surface area (TPSA) is 106 Å². The molecule has 4 aromatic rings. The van der Waals surface area contributed by atoms with Crippen LogP contribution >= 0.6 is 0 Å².